The number of ether oxygens (including phenoxy) is 1. The van der Waals surface area contributed by atoms with Gasteiger partial charge in [0.2, 0.25) is 0 Å². The van der Waals surface area contributed by atoms with E-state index in [1.54, 1.807) is 6.20 Å². The second-order valence-corrected chi connectivity index (χ2v) is 5.85. The Kier molecular flexibility index (Phi) is 3.35. The molecule has 1 aliphatic rings. The molecule has 2 atom stereocenters. The van der Waals surface area contributed by atoms with Crippen LogP contribution in [0.25, 0.3) is 10.9 Å². The highest BCUT2D eigenvalue weighted by Gasteiger charge is 2.38. The average molecular weight is 308 g/mol. The molecule has 0 aliphatic carbocycles. The van der Waals surface area contributed by atoms with Gasteiger partial charge in [-0.15, -0.1) is 0 Å². The fraction of sp³-hybridized carbons (Fsp3) is 0.222. The van der Waals surface area contributed by atoms with Crippen molar-refractivity contribution < 1.29 is 14.8 Å². The van der Waals surface area contributed by atoms with Crippen molar-refractivity contribution in [1.82, 2.24) is 9.97 Å². The van der Waals surface area contributed by atoms with Gasteiger partial charge >= 0.3 is 5.97 Å². The van der Waals surface area contributed by atoms with Crippen molar-refractivity contribution in [2.75, 3.05) is 7.11 Å². The number of carbonyl (C=O) groups excluding carboxylic acids is 1. The number of benzene rings is 1. The number of esters is 1. The number of nitrogens with zero attached hydrogens (tertiary/aromatic N) is 1. The van der Waals surface area contributed by atoms with Crippen molar-refractivity contribution in [3.63, 3.8) is 0 Å². The van der Waals surface area contributed by atoms with E-state index >= 15 is 0 Å². The van der Waals surface area contributed by atoms with E-state index < -0.39 is 0 Å². The van der Waals surface area contributed by atoms with Crippen molar-refractivity contribution in [3.05, 3.63) is 65.6 Å². The van der Waals surface area contributed by atoms with Crippen LogP contribution in [-0.4, -0.2) is 29.1 Å². The summed E-state index contributed by atoms with van der Waals surface area (Å²) in [6.07, 6.45) is 4.29. The molecule has 116 valence electrons. The van der Waals surface area contributed by atoms with Gasteiger partial charge in [-0.1, -0.05) is 18.2 Å². The molecule has 0 unspecified atom stereocenters. The summed E-state index contributed by atoms with van der Waals surface area (Å²) >= 11 is 0. The summed E-state index contributed by atoms with van der Waals surface area (Å²) in [5, 5.41) is 3.25. The van der Waals surface area contributed by atoms with E-state index in [-0.39, 0.29) is 18.1 Å². The lowest BCUT2D eigenvalue weighted by Gasteiger charge is -2.26. The molecule has 5 heteroatoms. The van der Waals surface area contributed by atoms with Crippen molar-refractivity contribution in [2.24, 2.45) is 0 Å². The van der Waals surface area contributed by atoms with Gasteiger partial charge in [-0.2, -0.15) is 0 Å². The van der Waals surface area contributed by atoms with Crippen LogP contribution in [0.2, 0.25) is 0 Å². The Morgan fingerprint density at radius 1 is 1.30 bits per heavy atom. The van der Waals surface area contributed by atoms with Crippen LogP contribution in [-0.2, 0) is 16.0 Å². The van der Waals surface area contributed by atoms with E-state index in [0.717, 1.165) is 16.8 Å². The molecule has 5 nitrogen and oxygen atoms in total. The summed E-state index contributed by atoms with van der Waals surface area (Å²) < 4.78 is 4.98. The Labute approximate surface area is 133 Å². The Morgan fingerprint density at radius 3 is 2.96 bits per heavy atom. The molecule has 0 bridgehead atoms. The highest BCUT2D eigenvalue weighted by molar-refractivity contribution is 5.86. The Hall–Kier alpha value is -2.66. The van der Waals surface area contributed by atoms with Crippen molar-refractivity contribution >= 4 is 16.9 Å². The average Bonchev–Trinajstić information content (AvgIpc) is 2.99. The fourth-order valence-electron chi connectivity index (χ4n) is 3.47. The fourth-order valence-corrected chi connectivity index (χ4v) is 3.47. The van der Waals surface area contributed by atoms with Crippen molar-refractivity contribution in [3.8, 4) is 0 Å². The van der Waals surface area contributed by atoms with Crippen LogP contribution < -0.4 is 5.32 Å². The van der Waals surface area contributed by atoms with Gasteiger partial charge in [0.1, 0.15) is 0 Å². The predicted molar refractivity (Wildman–Crippen MR) is 85.8 cm³/mol. The minimum atomic E-state index is -0.239. The number of rotatable bonds is 2. The third-order valence-electron chi connectivity index (χ3n) is 4.55. The number of H-pyrrole nitrogens is 1. The molecule has 0 saturated carbocycles. The maximum atomic E-state index is 12.1. The predicted octanol–water partition coefficient (Wildman–Crippen LogP) is 1.31. The van der Waals surface area contributed by atoms with Crippen LogP contribution in [0.1, 0.15) is 22.9 Å². The number of nitrogens with two attached hydrogens (primary N) is 1. The molecular weight excluding hydrogens is 290 g/mol. The number of hydrogen-bond acceptors (Lipinski definition) is 3. The molecule has 0 spiro atoms. The smallest absolute Gasteiger partial charge is 0.364 e. The molecule has 3 N–H and O–H groups in total. The van der Waals surface area contributed by atoms with Crippen molar-refractivity contribution in [1.29, 1.82) is 0 Å². The zero-order valence-electron chi connectivity index (χ0n) is 12.8. The zero-order valence-corrected chi connectivity index (χ0v) is 12.8. The number of para-hydroxylation sites is 1. The number of carbonyl (C=O) groups is 1. The minimum absolute atomic E-state index is 0.0175. The van der Waals surface area contributed by atoms with E-state index in [1.165, 1.54) is 18.1 Å². The summed E-state index contributed by atoms with van der Waals surface area (Å²) in [5.74, 6) is -0.185. The third-order valence-corrected chi connectivity index (χ3v) is 4.55. The summed E-state index contributed by atoms with van der Waals surface area (Å²) in [6, 6.07) is 12.0. The number of methoxy groups -OCH3 is 1. The largest absolute Gasteiger partial charge is 0.465 e. The molecule has 0 fully saturated rings. The van der Waals surface area contributed by atoms with Crippen LogP contribution >= 0.6 is 0 Å². The Balaban J connectivity index is 1.88. The molecule has 3 heterocycles. The standard InChI is InChI=1S/C18H17N3O2/c1-23-18(22)15-9-13-12-6-2-3-7-14(12)20-17(13)16(21-15)11-5-4-8-19-10-11/h2-8,10,15-16,20-21H,9H2,1H3/p+1/t15-,16-/m0/s1. The number of aromatic nitrogens is 2. The molecule has 0 radical (unpaired) electrons. The van der Waals surface area contributed by atoms with Gasteiger partial charge in [0.15, 0.2) is 12.1 Å². The molecule has 3 aromatic rings. The van der Waals surface area contributed by atoms with Crippen molar-refractivity contribution in [2.45, 2.75) is 18.5 Å². The SMILES string of the molecule is COC(=O)[C@@H]1Cc2c([nH]c3ccccc23)[C@H](c2cccnc2)[NH2+]1. The molecule has 1 aromatic carbocycles. The van der Waals surface area contributed by atoms with Gasteiger partial charge in [-0.25, -0.2) is 4.79 Å². The van der Waals surface area contributed by atoms with Gasteiger partial charge in [0.25, 0.3) is 0 Å². The summed E-state index contributed by atoms with van der Waals surface area (Å²) in [4.78, 5) is 19.9. The normalized spacial score (nSPS) is 20.2. The monoisotopic (exact) mass is 308 g/mol. The van der Waals surface area contributed by atoms with Crippen LogP contribution in [0.5, 0.6) is 0 Å². The van der Waals surface area contributed by atoms with Gasteiger partial charge in [0.05, 0.1) is 12.8 Å². The van der Waals surface area contributed by atoms with Crippen LogP contribution in [0.3, 0.4) is 0 Å². The van der Waals surface area contributed by atoms with Crippen LogP contribution in [0.4, 0.5) is 0 Å². The maximum absolute atomic E-state index is 12.1. The number of pyridine rings is 1. The van der Waals surface area contributed by atoms with Crippen LogP contribution in [0.15, 0.2) is 48.8 Å². The first-order chi connectivity index (χ1) is 11.3. The second-order valence-electron chi connectivity index (χ2n) is 5.85. The van der Waals surface area contributed by atoms with Gasteiger partial charge in [-0.3, -0.25) is 4.98 Å². The lowest BCUT2D eigenvalue weighted by Crippen LogP contribution is -2.94. The maximum Gasteiger partial charge on any atom is 0.364 e. The molecule has 23 heavy (non-hydrogen) atoms. The van der Waals surface area contributed by atoms with E-state index in [0.29, 0.717) is 6.42 Å². The number of quaternary nitrogens is 1. The van der Waals surface area contributed by atoms with E-state index in [9.17, 15) is 4.79 Å². The number of aromatic amines is 1. The second kappa shape index (κ2) is 5.52. The van der Waals surface area contributed by atoms with E-state index in [2.05, 4.69) is 27.4 Å². The summed E-state index contributed by atoms with van der Waals surface area (Å²) in [5.41, 5.74) is 4.53. The van der Waals surface area contributed by atoms with E-state index in [1.807, 2.05) is 30.5 Å². The molecule has 0 saturated heterocycles. The van der Waals surface area contributed by atoms with Gasteiger partial charge < -0.3 is 15.0 Å². The lowest BCUT2D eigenvalue weighted by molar-refractivity contribution is -0.712. The van der Waals surface area contributed by atoms with Crippen LogP contribution in [0, 0.1) is 0 Å². The Morgan fingerprint density at radius 2 is 2.17 bits per heavy atom. The first-order valence-corrected chi connectivity index (χ1v) is 7.70. The molecule has 0 amide bonds. The van der Waals surface area contributed by atoms with Gasteiger partial charge in [-0.05, 0) is 23.8 Å². The third kappa shape index (κ3) is 2.29. The molecule has 4 rings (SSSR count). The number of nitrogens with one attached hydrogen (secondary N) is 1. The molecular formula is C18H18N3O2+. The highest BCUT2D eigenvalue weighted by Crippen LogP contribution is 2.31. The van der Waals surface area contributed by atoms with Gasteiger partial charge in [0, 0.05) is 35.3 Å². The first-order valence-electron chi connectivity index (χ1n) is 7.70. The lowest BCUT2D eigenvalue weighted by atomic mass is 9.91. The number of fused-ring (bicyclic) bond motifs is 3. The molecule has 1 aliphatic heterocycles. The summed E-state index contributed by atoms with van der Waals surface area (Å²) in [7, 11) is 1.44. The minimum Gasteiger partial charge on any atom is -0.465 e. The zero-order chi connectivity index (χ0) is 15.8. The quantitative estimate of drug-likeness (QED) is 0.701. The number of hydrogen-bond donors (Lipinski definition) is 2. The first kappa shape index (κ1) is 14.0. The summed E-state index contributed by atoms with van der Waals surface area (Å²) in [6.45, 7) is 0. The van der Waals surface area contributed by atoms with E-state index in [4.69, 9.17) is 4.74 Å². The topological polar surface area (TPSA) is 71.6 Å². The molecule has 2 aromatic heterocycles. The highest BCUT2D eigenvalue weighted by atomic mass is 16.5. The Bertz CT molecular complexity index is 857.